The van der Waals surface area contributed by atoms with Crippen molar-refractivity contribution in [1.82, 2.24) is 4.90 Å². The van der Waals surface area contributed by atoms with Gasteiger partial charge in [0.2, 0.25) is 0 Å². The van der Waals surface area contributed by atoms with Gasteiger partial charge in [0, 0.05) is 23.5 Å². The molecule has 0 spiro atoms. The van der Waals surface area contributed by atoms with Gasteiger partial charge < -0.3 is 4.90 Å². The van der Waals surface area contributed by atoms with Crippen molar-refractivity contribution in [2.24, 2.45) is 4.99 Å². The largest absolute Gasteiger partial charge is 0.305 e. The third-order valence-corrected chi connectivity index (χ3v) is 6.01. The number of fused-ring (bicyclic) bond motifs is 3. The van der Waals surface area contributed by atoms with Crippen LogP contribution in [0.15, 0.2) is 82.7 Å². The third kappa shape index (κ3) is 2.96. The van der Waals surface area contributed by atoms with Crippen LogP contribution in [0.3, 0.4) is 0 Å². The summed E-state index contributed by atoms with van der Waals surface area (Å²) in [6.07, 6.45) is 1.02. The lowest BCUT2D eigenvalue weighted by molar-refractivity contribution is 0.552. The number of hydrogen-bond donors (Lipinski definition) is 1. The summed E-state index contributed by atoms with van der Waals surface area (Å²) in [5, 5.41) is 8.95. The van der Waals surface area contributed by atoms with Gasteiger partial charge in [0.1, 0.15) is 5.84 Å². The maximum atomic E-state index is 8.37. The molecule has 0 saturated carbocycles. The molecule has 0 saturated heterocycles. The van der Waals surface area contributed by atoms with Crippen molar-refractivity contribution < 1.29 is 0 Å². The first-order valence-electron chi connectivity index (χ1n) is 9.18. The molecule has 0 radical (unpaired) electrons. The van der Waals surface area contributed by atoms with Gasteiger partial charge in [-0.2, -0.15) is 0 Å². The summed E-state index contributed by atoms with van der Waals surface area (Å²) < 4.78 is 0. The normalized spacial score (nSPS) is 15.8. The summed E-state index contributed by atoms with van der Waals surface area (Å²) in [4.78, 5) is 7.85. The van der Waals surface area contributed by atoms with E-state index in [0.717, 1.165) is 35.8 Å². The molecule has 4 heteroatoms. The quantitative estimate of drug-likeness (QED) is 0.646. The van der Waals surface area contributed by atoms with Crippen molar-refractivity contribution in [2.75, 3.05) is 13.1 Å². The summed E-state index contributed by atoms with van der Waals surface area (Å²) in [6, 6.07) is 25.6. The van der Waals surface area contributed by atoms with Crippen LogP contribution in [-0.2, 0) is 0 Å². The molecule has 3 aromatic rings. The van der Waals surface area contributed by atoms with E-state index in [9.17, 15) is 0 Å². The molecule has 1 N–H and O–H groups in total. The standard InChI is InChI=1S/C23H19N3S/c24-23-26-13-5-12-25-22(26)20-11-10-19(15-21(20)27-23)18-9-4-8-17(14-18)16-6-2-1-3-7-16/h1-4,6-11,14-15,24H,5,12-13H2. The van der Waals surface area contributed by atoms with E-state index in [-0.39, 0.29) is 0 Å². The van der Waals surface area contributed by atoms with Crippen LogP contribution in [0.25, 0.3) is 22.3 Å². The van der Waals surface area contributed by atoms with Crippen molar-refractivity contribution in [3.05, 3.63) is 78.4 Å². The second-order valence-electron chi connectivity index (χ2n) is 6.78. The topological polar surface area (TPSA) is 39.5 Å². The van der Waals surface area contributed by atoms with E-state index in [2.05, 4.69) is 71.7 Å². The average molecular weight is 369 g/mol. The molecule has 27 heavy (non-hydrogen) atoms. The van der Waals surface area contributed by atoms with Crippen molar-refractivity contribution in [3.8, 4) is 22.3 Å². The lowest BCUT2D eigenvalue weighted by atomic mass is 9.98. The fraction of sp³-hybridized carbons (Fsp3) is 0.130. The van der Waals surface area contributed by atoms with E-state index < -0.39 is 0 Å². The number of nitrogens with one attached hydrogen (secondary N) is 1. The molecule has 0 fully saturated rings. The van der Waals surface area contributed by atoms with Gasteiger partial charge in [0.05, 0.1) is 0 Å². The van der Waals surface area contributed by atoms with Gasteiger partial charge in [0.25, 0.3) is 0 Å². The van der Waals surface area contributed by atoms with Crippen molar-refractivity contribution in [3.63, 3.8) is 0 Å². The second-order valence-corrected chi connectivity index (χ2v) is 7.81. The molecule has 5 rings (SSSR count). The minimum Gasteiger partial charge on any atom is -0.305 e. The Labute approximate surface area is 163 Å². The first-order valence-corrected chi connectivity index (χ1v) is 10.00. The van der Waals surface area contributed by atoms with Crippen LogP contribution in [0, 0.1) is 5.41 Å². The van der Waals surface area contributed by atoms with E-state index in [1.165, 1.54) is 34.0 Å². The monoisotopic (exact) mass is 369 g/mol. The second kappa shape index (κ2) is 6.71. The maximum Gasteiger partial charge on any atom is 0.166 e. The summed E-state index contributed by atoms with van der Waals surface area (Å²) in [5.41, 5.74) is 5.96. The van der Waals surface area contributed by atoms with Gasteiger partial charge in [-0.05, 0) is 46.9 Å². The molecule has 132 valence electrons. The van der Waals surface area contributed by atoms with E-state index in [1.54, 1.807) is 0 Å². The van der Waals surface area contributed by atoms with Gasteiger partial charge in [-0.1, -0.05) is 66.4 Å². The Kier molecular flexibility index (Phi) is 4.06. The number of rotatable bonds is 2. The molecule has 0 aliphatic carbocycles. The van der Waals surface area contributed by atoms with Crippen molar-refractivity contribution >= 4 is 22.8 Å². The average Bonchev–Trinajstić information content (AvgIpc) is 2.74. The molecule has 3 aromatic carbocycles. The van der Waals surface area contributed by atoms with Gasteiger partial charge in [-0.25, -0.2) is 0 Å². The summed E-state index contributed by atoms with van der Waals surface area (Å²) in [6.45, 7) is 1.75. The molecule has 0 bridgehead atoms. The van der Waals surface area contributed by atoms with Crippen LogP contribution >= 0.6 is 11.8 Å². The highest BCUT2D eigenvalue weighted by Gasteiger charge is 2.29. The highest BCUT2D eigenvalue weighted by Crippen LogP contribution is 2.37. The Hall–Kier alpha value is -2.85. The minimum absolute atomic E-state index is 0.580. The van der Waals surface area contributed by atoms with Crippen LogP contribution in [0.1, 0.15) is 12.0 Å². The number of aliphatic imine (C=N–C) groups is 1. The Morgan fingerprint density at radius 3 is 2.41 bits per heavy atom. The fourth-order valence-corrected chi connectivity index (χ4v) is 4.62. The maximum absolute atomic E-state index is 8.37. The number of nitrogens with zero attached hydrogens (tertiary/aromatic N) is 2. The molecule has 2 aliphatic heterocycles. The molecule has 2 heterocycles. The summed E-state index contributed by atoms with van der Waals surface area (Å²) in [5.74, 6) is 0.963. The fourth-order valence-electron chi connectivity index (χ4n) is 3.67. The SMILES string of the molecule is N=C1Sc2cc(-c3cccc(-c4ccccc4)c3)ccc2C2=NCCCN12. The molecule has 2 aliphatic rings. The third-order valence-electron chi connectivity index (χ3n) is 5.03. The van der Waals surface area contributed by atoms with Crippen LogP contribution < -0.4 is 0 Å². The number of hydrogen-bond acceptors (Lipinski definition) is 3. The highest BCUT2D eigenvalue weighted by molar-refractivity contribution is 8.14. The van der Waals surface area contributed by atoms with Crippen LogP contribution in [-0.4, -0.2) is 29.0 Å². The summed E-state index contributed by atoms with van der Waals surface area (Å²) in [7, 11) is 0. The molecule has 3 nitrogen and oxygen atoms in total. The Morgan fingerprint density at radius 2 is 1.56 bits per heavy atom. The van der Waals surface area contributed by atoms with Gasteiger partial charge in [-0.3, -0.25) is 10.4 Å². The van der Waals surface area contributed by atoms with Gasteiger partial charge >= 0.3 is 0 Å². The molecule has 0 amide bonds. The smallest absolute Gasteiger partial charge is 0.166 e. The van der Waals surface area contributed by atoms with E-state index >= 15 is 0 Å². The molecular formula is C23H19N3S. The first-order chi connectivity index (χ1) is 13.3. The lowest BCUT2D eigenvalue weighted by Gasteiger charge is -2.34. The van der Waals surface area contributed by atoms with Crippen LogP contribution in [0.4, 0.5) is 0 Å². The zero-order chi connectivity index (χ0) is 18.2. The number of benzene rings is 3. The van der Waals surface area contributed by atoms with E-state index in [0.29, 0.717) is 5.17 Å². The van der Waals surface area contributed by atoms with Crippen LogP contribution in [0.2, 0.25) is 0 Å². The molecule has 0 aromatic heterocycles. The van der Waals surface area contributed by atoms with Gasteiger partial charge in [-0.15, -0.1) is 0 Å². The van der Waals surface area contributed by atoms with Crippen molar-refractivity contribution in [2.45, 2.75) is 11.3 Å². The Bertz CT molecular complexity index is 1060. The summed E-state index contributed by atoms with van der Waals surface area (Å²) >= 11 is 1.54. The lowest BCUT2D eigenvalue weighted by Crippen LogP contribution is -2.42. The highest BCUT2D eigenvalue weighted by atomic mass is 32.2. The van der Waals surface area contributed by atoms with E-state index in [1.807, 2.05) is 11.0 Å². The predicted octanol–water partition coefficient (Wildman–Crippen LogP) is 5.51. The molecule has 0 atom stereocenters. The van der Waals surface area contributed by atoms with Crippen LogP contribution in [0.5, 0.6) is 0 Å². The zero-order valence-corrected chi connectivity index (χ0v) is 15.7. The van der Waals surface area contributed by atoms with Crippen molar-refractivity contribution in [1.29, 1.82) is 5.41 Å². The molecule has 0 unspecified atom stereocenters. The Balaban J connectivity index is 1.56. The number of thioether (sulfide) groups is 1. The number of amidine groups is 2. The molecular weight excluding hydrogens is 350 g/mol. The Morgan fingerprint density at radius 1 is 0.815 bits per heavy atom. The first kappa shape index (κ1) is 16.3. The minimum atomic E-state index is 0.580. The zero-order valence-electron chi connectivity index (χ0n) is 14.9. The van der Waals surface area contributed by atoms with Gasteiger partial charge in [0.15, 0.2) is 5.17 Å². The van der Waals surface area contributed by atoms with E-state index in [4.69, 9.17) is 5.41 Å². The predicted molar refractivity (Wildman–Crippen MR) is 114 cm³/mol.